The Morgan fingerprint density at radius 2 is 2.00 bits per heavy atom. The number of aryl methyl sites for hydroxylation is 1. The number of nitrogens with zero attached hydrogens (tertiary/aromatic N) is 2. The van der Waals surface area contributed by atoms with E-state index in [1.165, 1.54) is 27.8 Å². The second kappa shape index (κ2) is 8.55. The topological polar surface area (TPSA) is 51.5 Å². The Morgan fingerprint density at radius 1 is 1.36 bits per heavy atom. The second-order valence-electron chi connectivity index (χ2n) is 5.32. The first-order valence-electron chi connectivity index (χ1n) is 7.61. The van der Waals surface area contributed by atoms with Gasteiger partial charge in [-0.1, -0.05) is 6.08 Å². The first kappa shape index (κ1) is 20.5. The van der Waals surface area contributed by atoms with Crippen LogP contribution in [-0.4, -0.2) is 41.1 Å². The summed E-state index contributed by atoms with van der Waals surface area (Å²) in [5.74, 6) is -2.47. The number of hydrogen-bond donors (Lipinski definition) is 0. The van der Waals surface area contributed by atoms with Gasteiger partial charge < -0.3 is 14.2 Å². The zero-order chi connectivity index (χ0) is 19.2. The number of hydrogen-bond acceptors (Lipinski definition) is 4. The Balaban J connectivity index is 3.19. The fourth-order valence-corrected chi connectivity index (χ4v) is 2.21. The van der Waals surface area contributed by atoms with E-state index in [1.807, 2.05) is 0 Å². The molecule has 5 nitrogen and oxygen atoms in total. The number of alkyl halides is 3. The van der Waals surface area contributed by atoms with Crippen LogP contribution in [0, 0.1) is 6.92 Å². The van der Waals surface area contributed by atoms with Gasteiger partial charge in [0.1, 0.15) is 0 Å². The number of halogens is 3. The van der Waals surface area contributed by atoms with Crippen LogP contribution >= 0.6 is 0 Å². The Labute approximate surface area is 144 Å². The zero-order valence-corrected chi connectivity index (χ0v) is 14.6. The standard InChI is InChI=1S/C17H21F3N2O3/c1-5-7-13-12(3)10-14(16(24)17(18,19)20)22(13)11-21(4)9-8-15(23)25-6-2/h5,7-10H,6,11H2,1-4H3/b7-5+,9-8+. The molecule has 0 amide bonds. The molecule has 25 heavy (non-hydrogen) atoms. The Bertz CT molecular complexity index is 688. The number of carbonyl (C=O) groups excluding carboxylic acids is 2. The summed E-state index contributed by atoms with van der Waals surface area (Å²) in [6.45, 7) is 5.20. The minimum Gasteiger partial charge on any atom is -0.463 e. The molecule has 0 aliphatic carbocycles. The molecule has 0 spiro atoms. The van der Waals surface area contributed by atoms with Crippen molar-refractivity contribution in [3.63, 3.8) is 0 Å². The molecule has 0 bridgehead atoms. The summed E-state index contributed by atoms with van der Waals surface area (Å²) in [7, 11) is 1.58. The normalized spacial score (nSPS) is 12.1. The molecular weight excluding hydrogens is 337 g/mol. The summed E-state index contributed by atoms with van der Waals surface area (Å²) in [6.07, 6.45) is 0.894. The largest absolute Gasteiger partial charge is 0.463 e. The molecule has 0 fully saturated rings. The number of Topliss-reactive ketones (excluding diaryl/α,β-unsaturated/α-hetero) is 1. The van der Waals surface area contributed by atoms with E-state index in [4.69, 9.17) is 4.74 Å². The highest BCUT2D eigenvalue weighted by Gasteiger charge is 2.41. The van der Waals surface area contributed by atoms with Crippen LogP contribution in [0.1, 0.15) is 35.6 Å². The minimum atomic E-state index is -4.96. The first-order chi connectivity index (χ1) is 11.6. The van der Waals surface area contributed by atoms with Gasteiger partial charge in [-0.25, -0.2) is 4.79 Å². The van der Waals surface area contributed by atoms with E-state index < -0.39 is 23.6 Å². The predicted molar refractivity (Wildman–Crippen MR) is 87.8 cm³/mol. The van der Waals surface area contributed by atoms with Gasteiger partial charge in [-0.2, -0.15) is 13.2 Å². The molecule has 138 valence electrons. The van der Waals surface area contributed by atoms with Gasteiger partial charge in [0.15, 0.2) is 0 Å². The number of allylic oxidation sites excluding steroid dienone is 1. The number of ketones is 1. The Morgan fingerprint density at radius 3 is 2.52 bits per heavy atom. The molecule has 1 rings (SSSR count). The molecule has 0 aliphatic heterocycles. The molecule has 0 radical (unpaired) electrons. The summed E-state index contributed by atoms with van der Waals surface area (Å²) < 4.78 is 44.6. The highest BCUT2D eigenvalue weighted by atomic mass is 19.4. The summed E-state index contributed by atoms with van der Waals surface area (Å²) in [4.78, 5) is 24.5. The number of ether oxygens (including phenoxy) is 1. The second-order valence-corrected chi connectivity index (χ2v) is 5.32. The average molecular weight is 358 g/mol. The van der Waals surface area contributed by atoms with E-state index >= 15 is 0 Å². The maximum Gasteiger partial charge on any atom is 0.456 e. The van der Waals surface area contributed by atoms with Crippen LogP contribution in [0.25, 0.3) is 6.08 Å². The van der Waals surface area contributed by atoms with Gasteiger partial charge in [0, 0.05) is 25.0 Å². The first-order valence-corrected chi connectivity index (χ1v) is 7.61. The average Bonchev–Trinajstić information content (AvgIpc) is 2.81. The Hall–Kier alpha value is -2.51. The van der Waals surface area contributed by atoms with E-state index in [2.05, 4.69) is 0 Å². The molecule has 8 heteroatoms. The molecule has 0 atom stereocenters. The van der Waals surface area contributed by atoms with Crippen LogP contribution in [-0.2, 0) is 16.2 Å². The van der Waals surface area contributed by atoms with Crippen molar-refractivity contribution in [2.75, 3.05) is 13.7 Å². The van der Waals surface area contributed by atoms with Gasteiger partial charge in [-0.3, -0.25) is 4.79 Å². The van der Waals surface area contributed by atoms with E-state index in [1.54, 1.807) is 40.0 Å². The lowest BCUT2D eigenvalue weighted by atomic mass is 10.2. The monoisotopic (exact) mass is 358 g/mol. The van der Waals surface area contributed by atoms with E-state index in [-0.39, 0.29) is 13.3 Å². The summed E-state index contributed by atoms with van der Waals surface area (Å²) in [5.41, 5.74) is 0.592. The molecule has 0 aliphatic rings. The fourth-order valence-electron chi connectivity index (χ4n) is 2.21. The van der Waals surface area contributed by atoms with Gasteiger partial charge in [0.05, 0.1) is 19.0 Å². The molecule has 0 N–H and O–H groups in total. The van der Waals surface area contributed by atoms with E-state index in [9.17, 15) is 22.8 Å². The number of aromatic nitrogens is 1. The van der Waals surface area contributed by atoms with E-state index in [0.29, 0.717) is 11.3 Å². The molecular formula is C17H21F3N2O3. The van der Waals surface area contributed by atoms with Crippen LogP contribution in [0.3, 0.4) is 0 Å². The third-order valence-corrected chi connectivity index (χ3v) is 3.27. The third kappa shape index (κ3) is 5.51. The van der Waals surface area contributed by atoms with Crippen molar-refractivity contribution in [3.8, 4) is 0 Å². The Kier molecular flexibility index (Phi) is 7.02. The summed E-state index contributed by atoms with van der Waals surface area (Å²) in [5, 5.41) is 0. The quantitative estimate of drug-likeness (QED) is 0.425. The number of carbonyl (C=O) groups is 2. The lowest BCUT2D eigenvalue weighted by molar-refractivity contribution is -0.137. The lowest BCUT2D eigenvalue weighted by Crippen LogP contribution is -2.28. The molecule has 1 heterocycles. The molecule has 1 aromatic rings. The van der Waals surface area contributed by atoms with Crippen LogP contribution in [0.4, 0.5) is 13.2 Å². The summed E-state index contributed by atoms with van der Waals surface area (Å²) in [6, 6.07) is 1.22. The van der Waals surface area contributed by atoms with Gasteiger partial charge in [0.2, 0.25) is 0 Å². The minimum absolute atomic E-state index is 0.0411. The van der Waals surface area contributed by atoms with Crippen LogP contribution in [0.15, 0.2) is 24.4 Å². The summed E-state index contributed by atoms with van der Waals surface area (Å²) >= 11 is 0. The number of esters is 1. The van der Waals surface area contributed by atoms with Crippen molar-refractivity contribution in [3.05, 3.63) is 41.4 Å². The lowest BCUT2D eigenvalue weighted by Gasteiger charge is -2.19. The SMILES string of the molecule is C/C=C/c1c(C)cc(C(=O)C(F)(F)F)n1CN(C)/C=C/C(=O)OCC. The van der Waals surface area contributed by atoms with Gasteiger partial charge in [-0.15, -0.1) is 0 Å². The predicted octanol–water partition coefficient (Wildman–Crippen LogP) is 3.54. The smallest absolute Gasteiger partial charge is 0.456 e. The third-order valence-electron chi connectivity index (χ3n) is 3.27. The highest BCUT2D eigenvalue weighted by Crippen LogP contribution is 2.26. The van der Waals surface area contributed by atoms with Gasteiger partial charge >= 0.3 is 12.1 Å². The van der Waals surface area contributed by atoms with Crippen molar-refractivity contribution >= 4 is 17.8 Å². The highest BCUT2D eigenvalue weighted by molar-refractivity contribution is 5.99. The van der Waals surface area contributed by atoms with Crippen molar-refractivity contribution < 1.29 is 27.5 Å². The molecule has 0 saturated heterocycles. The fraction of sp³-hybridized carbons (Fsp3) is 0.412. The van der Waals surface area contributed by atoms with Crippen molar-refractivity contribution in [1.29, 1.82) is 0 Å². The van der Waals surface area contributed by atoms with Crippen molar-refractivity contribution in [2.45, 2.75) is 33.6 Å². The van der Waals surface area contributed by atoms with Gasteiger partial charge in [0.25, 0.3) is 5.78 Å². The number of rotatable bonds is 7. The van der Waals surface area contributed by atoms with Crippen LogP contribution in [0.5, 0.6) is 0 Å². The van der Waals surface area contributed by atoms with Crippen molar-refractivity contribution in [2.24, 2.45) is 0 Å². The molecule has 1 aromatic heterocycles. The van der Waals surface area contributed by atoms with Crippen LogP contribution in [0.2, 0.25) is 0 Å². The molecule has 0 unspecified atom stereocenters. The van der Waals surface area contributed by atoms with Gasteiger partial charge in [-0.05, 0) is 38.5 Å². The van der Waals surface area contributed by atoms with Crippen molar-refractivity contribution in [1.82, 2.24) is 9.47 Å². The molecule has 0 aromatic carbocycles. The maximum absolute atomic E-state index is 12.8. The molecule has 0 saturated carbocycles. The zero-order valence-electron chi connectivity index (χ0n) is 14.6. The van der Waals surface area contributed by atoms with E-state index in [0.717, 1.165) is 0 Å². The maximum atomic E-state index is 12.8. The van der Waals surface area contributed by atoms with Crippen LogP contribution < -0.4 is 0 Å².